The molecule has 0 bridgehead atoms. The topological polar surface area (TPSA) is 62.4 Å². The Morgan fingerprint density at radius 2 is 2.39 bits per heavy atom. The highest BCUT2D eigenvalue weighted by Crippen LogP contribution is 2.40. The Balaban J connectivity index is 1.63. The molecular weight excluding hydrogens is 246 g/mol. The number of anilines is 1. The molecule has 0 aromatic carbocycles. The second-order valence-corrected chi connectivity index (χ2v) is 6.84. The summed E-state index contributed by atoms with van der Waals surface area (Å²) >= 11 is 1.57. The number of nitrogens with two attached hydrogens (primary N) is 1. The van der Waals surface area contributed by atoms with Gasteiger partial charge in [0.2, 0.25) is 0 Å². The number of aliphatic hydroxyl groups is 1. The van der Waals surface area contributed by atoms with Gasteiger partial charge in [-0.2, -0.15) is 0 Å². The summed E-state index contributed by atoms with van der Waals surface area (Å²) in [4.78, 5) is 7.77. The predicted octanol–water partition coefficient (Wildman–Crippen LogP) is 1.85. The first-order valence-electron chi connectivity index (χ1n) is 6.81. The number of aromatic nitrogens is 1. The third-order valence-corrected chi connectivity index (χ3v) is 5.27. The fourth-order valence-corrected chi connectivity index (χ4v) is 4.13. The second kappa shape index (κ2) is 4.79. The maximum absolute atomic E-state index is 10.6. The Labute approximate surface area is 112 Å². The molecule has 1 aliphatic heterocycles. The summed E-state index contributed by atoms with van der Waals surface area (Å²) < 4.78 is 0. The maximum Gasteiger partial charge on any atom is 0.180 e. The van der Waals surface area contributed by atoms with Gasteiger partial charge in [-0.25, -0.2) is 4.98 Å². The molecule has 1 saturated carbocycles. The van der Waals surface area contributed by atoms with Crippen molar-refractivity contribution in [3.05, 3.63) is 11.1 Å². The summed E-state index contributed by atoms with van der Waals surface area (Å²) in [5.41, 5.74) is 5.29. The predicted molar refractivity (Wildman–Crippen MR) is 73.3 cm³/mol. The molecule has 2 unspecified atom stereocenters. The molecule has 0 spiro atoms. The van der Waals surface area contributed by atoms with Gasteiger partial charge in [-0.3, -0.25) is 4.90 Å². The van der Waals surface area contributed by atoms with Crippen molar-refractivity contribution in [2.75, 3.05) is 18.8 Å². The number of nitrogen functional groups attached to an aromatic ring is 1. The monoisotopic (exact) mass is 267 g/mol. The Bertz CT molecular complexity index is 422. The molecule has 100 valence electrons. The van der Waals surface area contributed by atoms with E-state index in [2.05, 4.69) is 9.88 Å². The molecule has 5 heteroatoms. The number of piperidine rings is 1. The highest BCUT2D eigenvalue weighted by atomic mass is 32.1. The van der Waals surface area contributed by atoms with Crippen molar-refractivity contribution < 1.29 is 5.11 Å². The first-order chi connectivity index (χ1) is 8.66. The SMILES string of the molecule is Nc1ncc(CN2CCC3(O)CCCCC3C2)s1. The third-order valence-electron chi connectivity index (χ3n) is 4.46. The third kappa shape index (κ3) is 2.39. The van der Waals surface area contributed by atoms with Crippen molar-refractivity contribution in [1.82, 2.24) is 9.88 Å². The fraction of sp³-hybridized carbons (Fsp3) is 0.769. The van der Waals surface area contributed by atoms with Crippen LogP contribution in [0.4, 0.5) is 5.13 Å². The van der Waals surface area contributed by atoms with Crippen LogP contribution in [0.2, 0.25) is 0 Å². The van der Waals surface area contributed by atoms with Crippen LogP contribution >= 0.6 is 11.3 Å². The zero-order chi connectivity index (χ0) is 12.6. The Kier molecular flexibility index (Phi) is 3.30. The summed E-state index contributed by atoms with van der Waals surface area (Å²) in [7, 11) is 0. The van der Waals surface area contributed by atoms with Crippen LogP contribution in [0.25, 0.3) is 0 Å². The molecule has 4 nitrogen and oxygen atoms in total. The molecule has 0 radical (unpaired) electrons. The van der Waals surface area contributed by atoms with Crippen LogP contribution in [0.1, 0.15) is 37.0 Å². The second-order valence-electron chi connectivity index (χ2n) is 5.70. The molecule has 2 atom stereocenters. The van der Waals surface area contributed by atoms with E-state index in [0.717, 1.165) is 32.5 Å². The van der Waals surface area contributed by atoms with Gasteiger partial charge in [0.15, 0.2) is 5.13 Å². The van der Waals surface area contributed by atoms with Gasteiger partial charge in [-0.1, -0.05) is 12.8 Å². The molecule has 0 amide bonds. The molecule has 2 fully saturated rings. The highest BCUT2D eigenvalue weighted by molar-refractivity contribution is 7.15. The molecule has 3 N–H and O–H groups in total. The molecular formula is C13H21N3OS. The van der Waals surface area contributed by atoms with Crippen LogP contribution in [-0.4, -0.2) is 33.7 Å². The van der Waals surface area contributed by atoms with E-state index in [-0.39, 0.29) is 5.60 Å². The van der Waals surface area contributed by atoms with Gasteiger partial charge < -0.3 is 10.8 Å². The summed E-state index contributed by atoms with van der Waals surface area (Å²) in [6, 6.07) is 0. The number of nitrogens with zero attached hydrogens (tertiary/aromatic N) is 2. The van der Waals surface area contributed by atoms with Crippen molar-refractivity contribution in [2.45, 2.75) is 44.2 Å². The van der Waals surface area contributed by atoms with Crippen LogP contribution in [0.5, 0.6) is 0 Å². The quantitative estimate of drug-likeness (QED) is 0.858. The van der Waals surface area contributed by atoms with E-state index in [9.17, 15) is 5.11 Å². The van der Waals surface area contributed by atoms with Crippen LogP contribution in [0.3, 0.4) is 0 Å². The largest absolute Gasteiger partial charge is 0.390 e. The number of thiazole rings is 1. The number of rotatable bonds is 2. The lowest BCUT2D eigenvalue weighted by Gasteiger charge is -2.47. The molecule has 1 aromatic rings. The lowest BCUT2D eigenvalue weighted by atomic mass is 9.71. The maximum atomic E-state index is 10.6. The van der Waals surface area contributed by atoms with E-state index in [0.29, 0.717) is 11.0 Å². The van der Waals surface area contributed by atoms with Crippen molar-refractivity contribution in [2.24, 2.45) is 5.92 Å². The summed E-state index contributed by atoms with van der Waals surface area (Å²) in [6.45, 7) is 2.94. The molecule has 1 saturated heterocycles. The molecule has 3 rings (SSSR count). The van der Waals surface area contributed by atoms with Crippen molar-refractivity contribution >= 4 is 16.5 Å². The Morgan fingerprint density at radius 3 is 3.17 bits per heavy atom. The van der Waals surface area contributed by atoms with Crippen molar-refractivity contribution in [3.63, 3.8) is 0 Å². The van der Waals surface area contributed by atoms with E-state index in [1.54, 1.807) is 11.3 Å². The van der Waals surface area contributed by atoms with E-state index in [1.165, 1.54) is 24.1 Å². The first kappa shape index (κ1) is 12.4. The van der Waals surface area contributed by atoms with Crippen LogP contribution in [0.15, 0.2) is 6.20 Å². The number of hydrogen-bond acceptors (Lipinski definition) is 5. The summed E-state index contributed by atoms with van der Waals surface area (Å²) in [5.74, 6) is 0.463. The van der Waals surface area contributed by atoms with Gasteiger partial charge in [0.05, 0.1) is 5.60 Å². The van der Waals surface area contributed by atoms with Crippen LogP contribution in [-0.2, 0) is 6.54 Å². The number of hydrogen-bond donors (Lipinski definition) is 2. The minimum atomic E-state index is -0.374. The molecule has 18 heavy (non-hydrogen) atoms. The average molecular weight is 267 g/mol. The van der Waals surface area contributed by atoms with Gasteiger partial charge in [-0.15, -0.1) is 11.3 Å². The van der Waals surface area contributed by atoms with E-state index in [1.807, 2.05) is 6.20 Å². The summed E-state index contributed by atoms with van der Waals surface area (Å²) in [6.07, 6.45) is 7.44. The number of likely N-dealkylation sites (tertiary alicyclic amines) is 1. The van der Waals surface area contributed by atoms with Crippen LogP contribution < -0.4 is 5.73 Å². The minimum absolute atomic E-state index is 0.374. The van der Waals surface area contributed by atoms with E-state index >= 15 is 0 Å². The molecule has 1 aliphatic carbocycles. The Hall–Kier alpha value is -0.650. The smallest absolute Gasteiger partial charge is 0.180 e. The Morgan fingerprint density at radius 1 is 1.50 bits per heavy atom. The highest BCUT2D eigenvalue weighted by Gasteiger charge is 2.42. The van der Waals surface area contributed by atoms with Gasteiger partial charge in [-0.05, 0) is 19.3 Å². The molecule has 2 heterocycles. The molecule has 1 aromatic heterocycles. The fourth-order valence-electron chi connectivity index (χ4n) is 3.40. The standard InChI is InChI=1S/C13H21N3OS/c14-12-15-7-11(18-12)9-16-6-5-13(17)4-2-1-3-10(13)8-16/h7,10,17H,1-6,8-9H2,(H2,14,15). The van der Waals surface area contributed by atoms with Crippen molar-refractivity contribution in [3.8, 4) is 0 Å². The van der Waals surface area contributed by atoms with E-state index in [4.69, 9.17) is 5.73 Å². The number of fused-ring (bicyclic) bond motifs is 1. The van der Waals surface area contributed by atoms with Gasteiger partial charge in [0.1, 0.15) is 0 Å². The lowest BCUT2D eigenvalue weighted by Crippen LogP contribution is -2.52. The van der Waals surface area contributed by atoms with Crippen LogP contribution in [0, 0.1) is 5.92 Å². The average Bonchev–Trinajstić information content (AvgIpc) is 2.75. The van der Waals surface area contributed by atoms with Gasteiger partial charge >= 0.3 is 0 Å². The first-order valence-corrected chi connectivity index (χ1v) is 7.62. The van der Waals surface area contributed by atoms with E-state index < -0.39 is 0 Å². The zero-order valence-electron chi connectivity index (χ0n) is 10.6. The summed E-state index contributed by atoms with van der Waals surface area (Å²) in [5, 5.41) is 11.3. The normalized spacial score (nSPS) is 33.3. The van der Waals surface area contributed by atoms with Gasteiger partial charge in [0, 0.05) is 36.6 Å². The zero-order valence-corrected chi connectivity index (χ0v) is 11.5. The van der Waals surface area contributed by atoms with Gasteiger partial charge in [0.25, 0.3) is 0 Å². The van der Waals surface area contributed by atoms with Crippen molar-refractivity contribution in [1.29, 1.82) is 0 Å². The minimum Gasteiger partial charge on any atom is -0.390 e. The molecule has 2 aliphatic rings. The lowest BCUT2D eigenvalue weighted by molar-refractivity contribution is -0.0966.